The molecule has 1 saturated heterocycles. The zero-order chi connectivity index (χ0) is 15.9. The second-order valence-electron chi connectivity index (χ2n) is 6.05. The molecule has 0 radical (unpaired) electrons. The third-order valence-corrected chi connectivity index (χ3v) is 3.72. The molecule has 1 aromatic carbocycles. The van der Waals surface area contributed by atoms with Crippen LogP contribution in [-0.4, -0.2) is 42.0 Å². The van der Waals surface area contributed by atoms with Crippen molar-refractivity contribution in [1.29, 1.82) is 0 Å². The number of nitrogens with one attached hydrogen (secondary N) is 2. The molecule has 1 atom stereocenters. The molecule has 0 bridgehead atoms. The fourth-order valence-corrected chi connectivity index (χ4v) is 2.67. The summed E-state index contributed by atoms with van der Waals surface area (Å²) in [5.41, 5.74) is 1.05. The predicted molar refractivity (Wildman–Crippen MR) is 86.6 cm³/mol. The molecule has 0 saturated carbocycles. The molecule has 5 nitrogen and oxygen atoms in total. The molecule has 0 aromatic heterocycles. The standard InChI is InChI=1S/C17H25N3O2/c1-13(2)18-17(22)19-15(12-14-8-4-3-5-9-14)16(21)20-10-6-7-11-20/h3-5,8-9,13,15H,6-7,10-12H2,1-2H3,(H2,18,19,22)/t15-/m0/s1. The van der Waals surface area contributed by atoms with E-state index in [1.54, 1.807) is 0 Å². The van der Waals surface area contributed by atoms with Gasteiger partial charge in [-0.3, -0.25) is 4.79 Å². The second kappa shape index (κ2) is 7.82. The van der Waals surface area contributed by atoms with Gasteiger partial charge in [-0.2, -0.15) is 0 Å². The third kappa shape index (κ3) is 4.76. The molecule has 120 valence electrons. The van der Waals surface area contributed by atoms with Gasteiger partial charge in [-0.05, 0) is 32.3 Å². The Morgan fingerprint density at radius 3 is 2.32 bits per heavy atom. The zero-order valence-corrected chi connectivity index (χ0v) is 13.3. The number of urea groups is 1. The number of amides is 3. The summed E-state index contributed by atoms with van der Waals surface area (Å²) >= 11 is 0. The SMILES string of the molecule is CC(C)NC(=O)N[C@@H](Cc1ccccc1)C(=O)N1CCCC1. The Balaban J connectivity index is 2.05. The van der Waals surface area contributed by atoms with E-state index in [1.165, 1.54) is 0 Å². The molecule has 1 aromatic rings. The Hall–Kier alpha value is -2.04. The van der Waals surface area contributed by atoms with Gasteiger partial charge in [-0.25, -0.2) is 4.79 Å². The average Bonchev–Trinajstić information content (AvgIpc) is 3.00. The Labute approximate surface area is 132 Å². The summed E-state index contributed by atoms with van der Waals surface area (Å²) in [4.78, 5) is 26.5. The minimum Gasteiger partial charge on any atom is -0.341 e. The summed E-state index contributed by atoms with van der Waals surface area (Å²) in [7, 11) is 0. The highest BCUT2D eigenvalue weighted by atomic mass is 16.2. The smallest absolute Gasteiger partial charge is 0.315 e. The monoisotopic (exact) mass is 303 g/mol. The Morgan fingerprint density at radius 1 is 1.09 bits per heavy atom. The minimum atomic E-state index is -0.515. The number of carbonyl (C=O) groups is 2. The first kappa shape index (κ1) is 16.3. The number of benzene rings is 1. The Bertz CT molecular complexity index is 496. The van der Waals surface area contributed by atoms with E-state index in [2.05, 4.69) is 10.6 Å². The van der Waals surface area contributed by atoms with E-state index in [-0.39, 0.29) is 18.0 Å². The van der Waals surface area contributed by atoms with Gasteiger partial charge in [0.25, 0.3) is 0 Å². The van der Waals surface area contributed by atoms with Crippen molar-refractivity contribution >= 4 is 11.9 Å². The summed E-state index contributed by atoms with van der Waals surface area (Å²) in [6, 6.07) is 9.03. The van der Waals surface area contributed by atoms with Crippen molar-refractivity contribution in [3.63, 3.8) is 0 Å². The lowest BCUT2D eigenvalue weighted by Gasteiger charge is -2.24. The topological polar surface area (TPSA) is 61.4 Å². The first-order valence-corrected chi connectivity index (χ1v) is 7.96. The van der Waals surface area contributed by atoms with Crippen LogP contribution in [0.1, 0.15) is 32.3 Å². The zero-order valence-electron chi connectivity index (χ0n) is 13.3. The summed E-state index contributed by atoms with van der Waals surface area (Å²) in [6.45, 7) is 5.37. The van der Waals surface area contributed by atoms with Crippen molar-refractivity contribution < 1.29 is 9.59 Å². The summed E-state index contributed by atoms with van der Waals surface area (Å²) < 4.78 is 0. The van der Waals surface area contributed by atoms with E-state index in [0.717, 1.165) is 31.5 Å². The molecule has 3 amide bonds. The molecule has 1 fully saturated rings. The van der Waals surface area contributed by atoms with Gasteiger partial charge in [-0.15, -0.1) is 0 Å². The van der Waals surface area contributed by atoms with Crippen LogP contribution in [0.5, 0.6) is 0 Å². The van der Waals surface area contributed by atoms with Crippen molar-refractivity contribution in [2.75, 3.05) is 13.1 Å². The van der Waals surface area contributed by atoms with Crippen molar-refractivity contribution in [2.24, 2.45) is 0 Å². The number of rotatable bonds is 5. The lowest BCUT2D eigenvalue weighted by Crippen LogP contribution is -2.52. The number of hydrogen-bond acceptors (Lipinski definition) is 2. The summed E-state index contributed by atoms with van der Waals surface area (Å²) in [6.07, 6.45) is 2.60. The maximum atomic E-state index is 12.7. The lowest BCUT2D eigenvalue weighted by atomic mass is 10.0. The molecular formula is C17H25N3O2. The van der Waals surface area contributed by atoms with Gasteiger partial charge in [-0.1, -0.05) is 30.3 Å². The van der Waals surface area contributed by atoms with E-state index in [9.17, 15) is 9.59 Å². The van der Waals surface area contributed by atoms with Crippen molar-refractivity contribution in [2.45, 2.75) is 45.2 Å². The molecule has 5 heteroatoms. The maximum absolute atomic E-state index is 12.7. The van der Waals surface area contributed by atoms with Crippen molar-refractivity contribution in [3.8, 4) is 0 Å². The predicted octanol–water partition coefficient (Wildman–Crippen LogP) is 1.93. The molecule has 22 heavy (non-hydrogen) atoms. The number of nitrogens with zero attached hydrogens (tertiary/aromatic N) is 1. The number of carbonyl (C=O) groups excluding carboxylic acids is 2. The molecule has 0 aliphatic carbocycles. The van der Waals surface area contributed by atoms with Crippen LogP contribution < -0.4 is 10.6 Å². The number of hydrogen-bond donors (Lipinski definition) is 2. The Kier molecular flexibility index (Phi) is 5.81. The van der Waals surface area contributed by atoms with Crippen LogP contribution >= 0.6 is 0 Å². The van der Waals surface area contributed by atoms with Crippen LogP contribution in [0.2, 0.25) is 0 Å². The van der Waals surface area contributed by atoms with Crippen LogP contribution in [0.3, 0.4) is 0 Å². The fraction of sp³-hybridized carbons (Fsp3) is 0.529. The minimum absolute atomic E-state index is 0.0141. The van der Waals surface area contributed by atoms with Crippen LogP contribution in [0, 0.1) is 0 Å². The second-order valence-corrected chi connectivity index (χ2v) is 6.05. The average molecular weight is 303 g/mol. The molecule has 0 spiro atoms. The van der Waals surface area contributed by atoms with Gasteiger partial charge < -0.3 is 15.5 Å². The van der Waals surface area contributed by atoms with Crippen LogP contribution in [-0.2, 0) is 11.2 Å². The van der Waals surface area contributed by atoms with Crippen LogP contribution in [0.15, 0.2) is 30.3 Å². The highest BCUT2D eigenvalue weighted by Crippen LogP contribution is 2.12. The quantitative estimate of drug-likeness (QED) is 0.873. The molecule has 1 aliphatic rings. The normalized spacial score (nSPS) is 15.7. The van der Waals surface area contributed by atoms with E-state index in [0.29, 0.717) is 6.42 Å². The van der Waals surface area contributed by atoms with Crippen molar-refractivity contribution in [3.05, 3.63) is 35.9 Å². The van der Waals surface area contributed by atoms with Gasteiger partial charge in [0.1, 0.15) is 6.04 Å². The lowest BCUT2D eigenvalue weighted by molar-refractivity contribution is -0.132. The van der Waals surface area contributed by atoms with E-state index >= 15 is 0 Å². The highest BCUT2D eigenvalue weighted by Gasteiger charge is 2.28. The van der Waals surface area contributed by atoms with E-state index in [1.807, 2.05) is 49.1 Å². The van der Waals surface area contributed by atoms with E-state index in [4.69, 9.17) is 0 Å². The first-order chi connectivity index (χ1) is 10.6. The molecule has 1 aliphatic heterocycles. The van der Waals surface area contributed by atoms with Gasteiger partial charge in [0.2, 0.25) is 5.91 Å². The van der Waals surface area contributed by atoms with Gasteiger partial charge >= 0.3 is 6.03 Å². The molecule has 1 heterocycles. The summed E-state index contributed by atoms with van der Waals surface area (Å²) in [5, 5.41) is 5.62. The largest absolute Gasteiger partial charge is 0.341 e. The first-order valence-electron chi connectivity index (χ1n) is 7.96. The molecule has 2 N–H and O–H groups in total. The fourth-order valence-electron chi connectivity index (χ4n) is 2.67. The van der Waals surface area contributed by atoms with E-state index < -0.39 is 6.04 Å². The highest BCUT2D eigenvalue weighted by molar-refractivity contribution is 5.87. The van der Waals surface area contributed by atoms with Gasteiger partial charge in [0.05, 0.1) is 0 Å². The maximum Gasteiger partial charge on any atom is 0.315 e. The van der Waals surface area contributed by atoms with Crippen molar-refractivity contribution in [1.82, 2.24) is 15.5 Å². The van der Waals surface area contributed by atoms with Crippen LogP contribution in [0.25, 0.3) is 0 Å². The molecular weight excluding hydrogens is 278 g/mol. The molecule has 2 rings (SSSR count). The number of likely N-dealkylation sites (tertiary alicyclic amines) is 1. The molecule has 0 unspecified atom stereocenters. The van der Waals surface area contributed by atoms with Crippen LogP contribution in [0.4, 0.5) is 4.79 Å². The van der Waals surface area contributed by atoms with Gasteiger partial charge in [0.15, 0.2) is 0 Å². The third-order valence-electron chi connectivity index (χ3n) is 3.72. The van der Waals surface area contributed by atoms with Gasteiger partial charge in [0, 0.05) is 25.6 Å². The summed E-state index contributed by atoms with van der Waals surface area (Å²) in [5.74, 6) is 0.0141. The Morgan fingerprint density at radius 2 is 1.73 bits per heavy atom.